The van der Waals surface area contributed by atoms with Gasteiger partial charge in [-0.25, -0.2) is 12.8 Å². The highest BCUT2D eigenvalue weighted by atomic mass is 32.2. The summed E-state index contributed by atoms with van der Waals surface area (Å²) in [6, 6.07) is 3.37. The third kappa shape index (κ3) is 5.26. The van der Waals surface area contributed by atoms with Crippen LogP contribution in [0.5, 0.6) is 0 Å². The first-order valence-electron chi connectivity index (χ1n) is 9.11. The van der Waals surface area contributed by atoms with E-state index in [1.165, 1.54) is 16.4 Å². The van der Waals surface area contributed by atoms with Crippen molar-refractivity contribution in [1.29, 1.82) is 0 Å². The predicted octanol–water partition coefficient (Wildman–Crippen LogP) is 1.32. The molecule has 2 rings (SSSR count). The summed E-state index contributed by atoms with van der Waals surface area (Å²) in [5, 5.41) is 4.93. The van der Waals surface area contributed by atoms with Crippen LogP contribution in [0.15, 0.2) is 23.1 Å². The van der Waals surface area contributed by atoms with Gasteiger partial charge in [0.15, 0.2) is 0 Å². The van der Waals surface area contributed by atoms with E-state index < -0.39 is 27.7 Å². The smallest absolute Gasteiger partial charge is 0.309 e. The number of piperidine rings is 1. The highest BCUT2D eigenvalue weighted by Gasteiger charge is 2.34. The average Bonchev–Trinajstić information content (AvgIpc) is 2.61. The van der Waals surface area contributed by atoms with Crippen molar-refractivity contribution < 1.29 is 22.4 Å². The van der Waals surface area contributed by atoms with Gasteiger partial charge >= 0.3 is 11.8 Å². The molecule has 1 aliphatic heterocycles. The standard InChI is InChI=1S/C18H26FN3O4S/c1-3-20-17(23)18(24)21-10-9-15-6-4-5-11-22(15)27(25,26)16-8-7-14(19)12-13(16)2/h7-8,12,15H,3-6,9-11H2,1-2H3,(H,20,23)(H,21,24)/t15-/m0/s1. The molecule has 27 heavy (non-hydrogen) atoms. The molecule has 1 saturated heterocycles. The number of hydrogen-bond acceptors (Lipinski definition) is 4. The second kappa shape index (κ2) is 9.27. The van der Waals surface area contributed by atoms with Crippen LogP contribution >= 0.6 is 0 Å². The van der Waals surface area contributed by atoms with Gasteiger partial charge in [0.1, 0.15) is 5.82 Å². The molecular formula is C18H26FN3O4S. The fraction of sp³-hybridized carbons (Fsp3) is 0.556. The lowest BCUT2D eigenvalue weighted by Gasteiger charge is -2.35. The Kier molecular flexibility index (Phi) is 7.32. The van der Waals surface area contributed by atoms with Crippen LogP contribution in [0, 0.1) is 12.7 Å². The number of rotatable bonds is 6. The van der Waals surface area contributed by atoms with E-state index in [0.29, 0.717) is 31.5 Å². The molecule has 9 heteroatoms. The first-order valence-corrected chi connectivity index (χ1v) is 10.6. The maximum Gasteiger partial charge on any atom is 0.309 e. The van der Waals surface area contributed by atoms with E-state index in [4.69, 9.17) is 0 Å². The number of benzene rings is 1. The molecule has 2 amide bonds. The number of likely N-dealkylation sites (N-methyl/N-ethyl adjacent to an activating group) is 1. The SMILES string of the molecule is CCNC(=O)C(=O)NCC[C@@H]1CCCCN1S(=O)(=O)c1ccc(F)cc1C. The minimum absolute atomic E-state index is 0.0992. The van der Waals surface area contributed by atoms with E-state index in [1.54, 1.807) is 13.8 Å². The quantitative estimate of drug-likeness (QED) is 0.706. The van der Waals surface area contributed by atoms with E-state index in [1.807, 2.05) is 0 Å². The zero-order valence-corrected chi connectivity index (χ0v) is 16.4. The van der Waals surface area contributed by atoms with Crippen molar-refractivity contribution in [3.8, 4) is 0 Å². The van der Waals surface area contributed by atoms with Crippen LogP contribution in [-0.2, 0) is 19.6 Å². The first-order chi connectivity index (χ1) is 12.8. The van der Waals surface area contributed by atoms with Crippen LogP contribution in [0.25, 0.3) is 0 Å². The zero-order valence-electron chi connectivity index (χ0n) is 15.6. The van der Waals surface area contributed by atoms with Gasteiger partial charge in [-0.05, 0) is 56.9 Å². The van der Waals surface area contributed by atoms with E-state index in [-0.39, 0.29) is 17.5 Å². The number of halogens is 1. The summed E-state index contributed by atoms with van der Waals surface area (Å²) in [7, 11) is -3.76. The summed E-state index contributed by atoms with van der Waals surface area (Å²) in [5.74, 6) is -1.90. The van der Waals surface area contributed by atoms with Gasteiger partial charge in [-0.1, -0.05) is 6.42 Å². The summed E-state index contributed by atoms with van der Waals surface area (Å²) < 4.78 is 40.9. The van der Waals surface area contributed by atoms with Gasteiger partial charge in [-0.15, -0.1) is 0 Å². The minimum atomic E-state index is -3.76. The van der Waals surface area contributed by atoms with Crippen molar-refractivity contribution in [3.63, 3.8) is 0 Å². The molecule has 1 atom stereocenters. The Morgan fingerprint density at radius 3 is 2.59 bits per heavy atom. The van der Waals surface area contributed by atoms with E-state index in [0.717, 1.165) is 18.9 Å². The lowest BCUT2D eigenvalue weighted by molar-refractivity contribution is -0.139. The Hall–Kier alpha value is -2.00. The van der Waals surface area contributed by atoms with Crippen molar-refractivity contribution in [2.24, 2.45) is 0 Å². The summed E-state index contributed by atoms with van der Waals surface area (Å²) in [5.41, 5.74) is 0.365. The lowest BCUT2D eigenvalue weighted by Crippen LogP contribution is -2.46. The zero-order chi connectivity index (χ0) is 20.0. The fourth-order valence-corrected chi connectivity index (χ4v) is 5.21. The molecule has 0 radical (unpaired) electrons. The van der Waals surface area contributed by atoms with E-state index in [9.17, 15) is 22.4 Å². The summed E-state index contributed by atoms with van der Waals surface area (Å²) in [4.78, 5) is 23.2. The Bertz CT molecular complexity index is 798. The van der Waals surface area contributed by atoms with Crippen LogP contribution < -0.4 is 10.6 Å². The number of amides is 2. The Morgan fingerprint density at radius 2 is 1.93 bits per heavy atom. The number of carbonyl (C=O) groups excluding carboxylic acids is 2. The number of aryl methyl sites for hydroxylation is 1. The highest BCUT2D eigenvalue weighted by Crippen LogP contribution is 2.28. The fourth-order valence-electron chi connectivity index (χ4n) is 3.28. The molecule has 1 aromatic rings. The van der Waals surface area contributed by atoms with Crippen LogP contribution in [0.3, 0.4) is 0 Å². The second-order valence-corrected chi connectivity index (χ2v) is 8.44. The molecule has 1 heterocycles. The maximum absolute atomic E-state index is 13.3. The summed E-state index contributed by atoms with van der Waals surface area (Å²) >= 11 is 0. The summed E-state index contributed by atoms with van der Waals surface area (Å²) in [6.07, 6.45) is 2.73. The number of sulfonamides is 1. The molecule has 0 spiro atoms. The van der Waals surface area contributed by atoms with Crippen LogP contribution in [0.2, 0.25) is 0 Å². The van der Waals surface area contributed by atoms with Crippen molar-refractivity contribution in [3.05, 3.63) is 29.6 Å². The topological polar surface area (TPSA) is 95.6 Å². The lowest BCUT2D eigenvalue weighted by atomic mass is 10.0. The number of hydrogen-bond donors (Lipinski definition) is 2. The van der Waals surface area contributed by atoms with Gasteiger partial charge in [0.25, 0.3) is 0 Å². The molecule has 1 aliphatic rings. The van der Waals surface area contributed by atoms with Crippen molar-refractivity contribution in [2.45, 2.75) is 50.5 Å². The van der Waals surface area contributed by atoms with Gasteiger partial charge in [0, 0.05) is 25.7 Å². The largest absolute Gasteiger partial charge is 0.348 e. The molecule has 0 unspecified atom stereocenters. The van der Waals surface area contributed by atoms with Gasteiger partial charge in [-0.2, -0.15) is 4.31 Å². The number of nitrogens with zero attached hydrogens (tertiary/aromatic N) is 1. The second-order valence-electron chi connectivity index (χ2n) is 6.58. The molecule has 0 bridgehead atoms. The van der Waals surface area contributed by atoms with Gasteiger partial charge in [0.05, 0.1) is 4.90 Å². The van der Waals surface area contributed by atoms with Gasteiger partial charge < -0.3 is 10.6 Å². The maximum atomic E-state index is 13.3. The molecule has 0 aliphatic carbocycles. The third-order valence-electron chi connectivity index (χ3n) is 4.60. The van der Waals surface area contributed by atoms with Crippen LogP contribution in [0.4, 0.5) is 4.39 Å². The number of nitrogens with one attached hydrogen (secondary N) is 2. The molecular weight excluding hydrogens is 373 g/mol. The normalized spacial score (nSPS) is 18.1. The first kappa shape index (κ1) is 21.3. The highest BCUT2D eigenvalue weighted by molar-refractivity contribution is 7.89. The molecule has 1 fully saturated rings. The Morgan fingerprint density at radius 1 is 1.22 bits per heavy atom. The third-order valence-corrected chi connectivity index (χ3v) is 6.72. The van der Waals surface area contributed by atoms with Crippen molar-refractivity contribution in [2.75, 3.05) is 19.6 Å². The van der Waals surface area contributed by atoms with Crippen molar-refractivity contribution >= 4 is 21.8 Å². The van der Waals surface area contributed by atoms with E-state index >= 15 is 0 Å². The molecule has 1 aromatic carbocycles. The average molecular weight is 399 g/mol. The van der Waals surface area contributed by atoms with Crippen LogP contribution in [-0.4, -0.2) is 50.2 Å². The Balaban J connectivity index is 2.08. The van der Waals surface area contributed by atoms with Crippen molar-refractivity contribution in [1.82, 2.24) is 14.9 Å². The van der Waals surface area contributed by atoms with Gasteiger partial charge in [-0.3, -0.25) is 9.59 Å². The monoisotopic (exact) mass is 399 g/mol. The van der Waals surface area contributed by atoms with Crippen LogP contribution in [0.1, 0.15) is 38.2 Å². The number of carbonyl (C=O) groups is 2. The Labute approximate surface area is 159 Å². The minimum Gasteiger partial charge on any atom is -0.348 e. The molecule has 2 N–H and O–H groups in total. The molecule has 0 saturated carbocycles. The van der Waals surface area contributed by atoms with Gasteiger partial charge in [0.2, 0.25) is 10.0 Å². The summed E-state index contributed by atoms with van der Waals surface area (Å²) in [6.45, 7) is 4.23. The molecule has 7 nitrogen and oxygen atoms in total. The van der Waals surface area contributed by atoms with E-state index in [2.05, 4.69) is 10.6 Å². The molecule has 150 valence electrons. The molecule has 0 aromatic heterocycles. The predicted molar refractivity (Wildman–Crippen MR) is 99.0 cm³/mol.